The minimum atomic E-state index is 0.601. The van der Waals surface area contributed by atoms with Gasteiger partial charge >= 0.3 is 0 Å². The summed E-state index contributed by atoms with van der Waals surface area (Å²) >= 11 is 0. The number of hydrogen-bond acceptors (Lipinski definition) is 7. The fourth-order valence-electron chi connectivity index (χ4n) is 2.39. The predicted octanol–water partition coefficient (Wildman–Crippen LogP) is 3.81. The highest BCUT2D eigenvalue weighted by molar-refractivity contribution is 5.91. The molecule has 0 amide bonds. The van der Waals surface area contributed by atoms with Gasteiger partial charge in [-0.3, -0.25) is 4.98 Å². The molecular formula is C17H14N6O. The lowest BCUT2D eigenvalue weighted by molar-refractivity contribution is 0.400. The summed E-state index contributed by atoms with van der Waals surface area (Å²) < 4.78 is 5.03. The molecule has 0 unspecified atom stereocenters. The first-order valence-corrected chi connectivity index (χ1v) is 7.41. The zero-order chi connectivity index (χ0) is 16.4. The number of para-hydroxylation sites is 1. The quantitative estimate of drug-likeness (QED) is 0.591. The van der Waals surface area contributed by atoms with Crippen LogP contribution in [0.25, 0.3) is 10.9 Å². The zero-order valence-electron chi connectivity index (χ0n) is 12.9. The van der Waals surface area contributed by atoms with Crippen molar-refractivity contribution in [3.05, 3.63) is 60.7 Å². The highest BCUT2D eigenvalue weighted by Crippen LogP contribution is 2.24. The Morgan fingerprint density at radius 3 is 2.54 bits per heavy atom. The molecule has 7 heteroatoms. The second kappa shape index (κ2) is 5.96. The molecule has 0 atom stereocenters. The van der Waals surface area contributed by atoms with E-state index in [0.717, 1.165) is 22.4 Å². The minimum Gasteiger partial charge on any atom is -0.360 e. The van der Waals surface area contributed by atoms with Gasteiger partial charge in [-0.05, 0) is 19.1 Å². The summed E-state index contributed by atoms with van der Waals surface area (Å²) in [5, 5.41) is 11.3. The van der Waals surface area contributed by atoms with Gasteiger partial charge in [0.25, 0.3) is 0 Å². The Morgan fingerprint density at radius 1 is 0.875 bits per heavy atom. The molecule has 3 heterocycles. The molecule has 0 aliphatic rings. The molecule has 0 spiro atoms. The molecule has 0 aliphatic heterocycles. The number of aromatic nitrogens is 4. The first-order chi connectivity index (χ1) is 11.8. The fourth-order valence-corrected chi connectivity index (χ4v) is 2.39. The summed E-state index contributed by atoms with van der Waals surface area (Å²) in [7, 11) is 0. The molecule has 0 radical (unpaired) electrons. The summed E-state index contributed by atoms with van der Waals surface area (Å²) in [6.07, 6.45) is 3.25. The Balaban J connectivity index is 1.61. The second-order valence-electron chi connectivity index (χ2n) is 5.24. The summed E-state index contributed by atoms with van der Waals surface area (Å²) in [5.41, 5.74) is 1.77. The van der Waals surface area contributed by atoms with Crippen LogP contribution in [0, 0.1) is 6.92 Å². The lowest BCUT2D eigenvalue weighted by atomic mass is 10.2. The Labute approximate surface area is 137 Å². The van der Waals surface area contributed by atoms with E-state index >= 15 is 0 Å². The Bertz CT molecular complexity index is 992. The number of benzene rings is 1. The average molecular weight is 318 g/mol. The van der Waals surface area contributed by atoms with Crippen molar-refractivity contribution in [2.24, 2.45) is 0 Å². The third-order valence-corrected chi connectivity index (χ3v) is 3.45. The smallest absolute Gasteiger partial charge is 0.175 e. The van der Waals surface area contributed by atoms with Crippen LogP contribution < -0.4 is 10.6 Å². The van der Waals surface area contributed by atoms with Gasteiger partial charge in [-0.15, -0.1) is 0 Å². The van der Waals surface area contributed by atoms with Crippen LogP contribution in [0.3, 0.4) is 0 Å². The van der Waals surface area contributed by atoms with E-state index in [0.29, 0.717) is 17.5 Å². The van der Waals surface area contributed by atoms with Crippen LogP contribution in [-0.2, 0) is 0 Å². The van der Waals surface area contributed by atoms with Crippen LogP contribution in [0.2, 0.25) is 0 Å². The molecule has 0 saturated carbocycles. The van der Waals surface area contributed by atoms with Gasteiger partial charge in [-0.2, -0.15) is 0 Å². The van der Waals surface area contributed by atoms with Crippen LogP contribution in [0.15, 0.2) is 59.5 Å². The summed E-state index contributed by atoms with van der Waals surface area (Å²) in [4.78, 5) is 12.9. The maximum absolute atomic E-state index is 5.03. The number of nitrogens with one attached hydrogen (secondary N) is 2. The van der Waals surface area contributed by atoms with E-state index in [1.807, 2.05) is 37.3 Å². The average Bonchev–Trinajstić information content (AvgIpc) is 3.00. The van der Waals surface area contributed by atoms with E-state index in [-0.39, 0.29) is 0 Å². The molecule has 0 fully saturated rings. The molecule has 24 heavy (non-hydrogen) atoms. The van der Waals surface area contributed by atoms with Crippen LogP contribution in [0.5, 0.6) is 0 Å². The molecule has 118 valence electrons. The van der Waals surface area contributed by atoms with Gasteiger partial charge in [-0.25, -0.2) is 9.97 Å². The molecule has 0 bridgehead atoms. The largest absolute Gasteiger partial charge is 0.360 e. The first kappa shape index (κ1) is 14.1. The normalized spacial score (nSPS) is 10.7. The predicted molar refractivity (Wildman–Crippen MR) is 91.6 cm³/mol. The molecule has 4 rings (SSSR count). The van der Waals surface area contributed by atoms with Gasteiger partial charge < -0.3 is 15.2 Å². The summed E-state index contributed by atoms with van der Waals surface area (Å²) in [6.45, 7) is 1.83. The van der Waals surface area contributed by atoms with Gasteiger partial charge in [-0.1, -0.05) is 23.4 Å². The topological polar surface area (TPSA) is 88.8 Å². The van der Waals surface area contributed by atoms with E-state index in [9.17, 15) is 0 Å². The van der Waals surface area contributed by atoms with E-state index in [2.05, 4.69) is 30.7 Å². The standard InChI is InChI=1S/C17H14N6O/c1-11-8-16(23-24-11)22-15-9-14(19-10-20-15)21-13-6-2-4-12-5-3-7-18-17(12)13/h2-10H,1H3,(H2,19,20,21,22,23). The second-order valence-corrected chi connectivity index (χ2v) is 5.24. The maximum atomic E-state index is 5.03. The van der Waals surface area contributed by atoms with Crippen LogP contribution in [0.1, 0.15) is 5.76 Å². The molecule has 0 aliphatic carbocycles. The lowest BCUT2D eigenvalue weighted by Crippen LogP contribution is -1.99. The summed E-state index contributed by atoms with van der Waals surface area (Å²) in [6, 6.07) is 13.5. The van der Waals surface area contributed by atoms with Crippen LogP contribution in [-0.4, -0.2) is 20.1 Å². The van der Waals surface area contributed by atoms with E-state index in [1.54, 1.807) is 18.3 Å². The summed E-state index contributed by atoms with van der Waals surface area (Å²) in [5.74, 6) is 2.61. The molecule has 2 N–H and O–H groups in total. The zero-order valence-corrected chi connectivity index (χ0v) is 12.9. The number of pyridine rings is 1. The maximum Gasteiger partial charge on any atom is 0.175 e. The Hall–Kier alpha value is -3.48. The SMILES string of the molecule is Cc1cc(Nc2cc(Nc3cccc4cccnc34)ncn2)no1. The number of hydrogen-bond donors (Lipinski definition) is 2. The van der Waals surface area contributed by atoms with Crippen LogP contribution in [0.4, 0.5) is 23.1 Å². The third-order valence-electron chi connectivity index (χ3n) is 3.45. The molecule has 3 aromatic heterocycles. The van der Waals surface area contributed by atoms with Gasteiger partial charge in [0.15, 0.2) is 5.82 Å². The molecule has 7 nitrogen and oxygen atoms in total. The van der Waals surface area contributed by atoms with Crippen molar-refractivity contribution < 1.29 is 4.52 Å². The van der Waals surface area contributed by atoms with Crippen molar-refractivity contribution in [1.29, 1.82) is 0 Å². The van der Waals surface area contributed by atoms with Crippen molar-refractivity contribution >= 4 is 34.0 Å². The lowest BCUT2D eigenvalue weighted by Gasteiger charge is -2.09. The third kappa shape index (κ3) is 2.87. The van der Waals surface area contributed by atoms with E-state index < -0.39 is 0 Å². The van der Waals surface area contributed by atoms with Gasteiger partial charge in [0.2, 0.25) is 0 Å². The highest BCUT2D eigenvalue weighted by atomic mass is 16.5. The number of rotatable bonds is 4. The van der Waals surface area contributed by atoms with E-state index in [1.165, 1.54) is 6.33 Å². The van der Waals surface area contributed by atoms with Crippen molar-refractivity contribution in [1.82, 2.24) is 20.1 Å². The number of aryl methyl sites for hydroxylation is 1. The van der Waals surface area contributed by atoms with Gasteiger partial charge in [0, 0.05) is 23.7 Å². The van der Waals surface area contributed by atoms with Gasteiger partial charge in [0.1, 0.15) is 23.7 Å². The van der Waals surface area contributed by atoms with Crippen LogP contribution >= 0.6 is 0 Å². The number of anilines is 4. The molecular weight excluding hydrogens is 304 g/mol. The molecule has 0 saturated heterocycles. The monoisotopic (exact) mass is 318 g/mol. The minimum absolute atomic E-state index is 0.601. The molecule has 4 aromatic rings. The van der Waals surface area contributed by atoms with Gasteiger partial charge in [0.05, 0.1) is 11.2 Å². The Kier molecular flexibility index (Phi) is 3.51. The van der Waals surface area contributed by atoms with Crippen molar-refractivity contribution in [2.45, 2.75) is 6.92 Å². The number of fused-ring (bicyclic) bond motifs is 1. The van der Waals surface area contributed by atoms with E-state index in [4.69, 9.17) is 4.52 Å². The van der Waals surface area contributed by atoms with Crippen molar-refractivity contribution in [3.8, 4) is 0 Å². The van der Waals surface area contributed by atoms with Crippen molar-refractivity contribution in [3.63, 3.8) is 0 Å². The highest BCUT2D eigenvalue weighted by Gasteiger charge is 2.06. The fraction of sp³-hybridized carbons (Fsp3) is 0.0588. The first-order valence-electron chi connectivity index (χ1n) is 7.41. The number of nitrogens with zero attached hydrogens (tertiary/aromatic N) is 4. The molecule has 1 aromatic carbocycles. The van der Waals surface area contributed by atoms with Crippen molar-refractivity contribution in [2.75, 3.05) is 10.6 Å². The Morgan fingerprint density at radius 2 is 1.71 bits per heavy atom.